The summed E-state index contributed by atoms with van der Waals surface area (Å²) in [7, 11) is 1.71. The minimum absolute atomic E-state index is 0.647. The number of hydrogen-bond donors (Lipinski definition) is 0. The number of benzene rings is 1. The zero-order valence-electron chi connectivity index (χ0n) is 12.0. The van der Waals surface area contributed by atoms with Gasteiger partial charge in [-0.05, 0) is 43.5 Å². The zero-order chi connectivity index (χ0) is 13.9. The Kier molecular flexibility index (Phi) is 4.03. The molecule has 3 nitrogen and oxygen atoms in total. The highest BCUT2D eigenvalue weighted by Gasteiger charge is 2.24. The molecule has 20 heavy (non-hydrogen) atoms. The van der Waals surface area contributed by atoms with Gasteiger partial charge in [-0.2, -0.15) is 0 Å². The molecule has 4 heteroatoms. The van der Waals surface area contributed by atoms with E-state index in [9.17, 15) is 0 Å². The van der Waals surface area contributed by atoms with Crippen molar-refractivity contribution in [3.63, 3.8) is 0 Å². The predicted octanol–water partition coefficient (Wildman–Crippen LogP) is 3.45. The van der Waals surface area contributed by atoms with Crippen LogP contribution in [0.5, 0.6) is 5.75 Å². The molecule has 1 aliphatic rings. The summed E-state index contributed by atoms with van der Waals surface area (Å²) in [4.78, 5) is 8.27. The summed E-state index contributed by atoms with van der Waals surface area (Å²) in [6.45, 7) is 5.46. The second kappa shape index (κ2) is 5.94. The van der Waals surface area contributed by atoms with Gasteiger partial charge in [0.05, 0.1) is 18.3 Å². The number of methoxy groups -OCH3 is 1. The molecule has 1 aliphatic heterocycles. The third kappa shape index (κ3) is 2.86. The van der Waals surface area contributed by atoms with Crippen LogP contribution >= 0.6 is 11.3 Å². The van der Waals surface area contributed by atoms with E-state index in [1.54, 1.807) is 18.4 Å². The smallest absolute Gasteiger partial charge is 0.118 e. The molecule has 0 bridgehead atoms. The van der Waals surface area contributed by atoms with E-state index in [-0.39, 0.29) is 0 Å². The fourth-order valence-electron chi connectivity index (χ4n) is 2.81. The van der Waals surface area contributed by atoms with E-state index in [1.807, 2.05) is 5.51 Å². The van der Waals surface area contributed by atoms with Crippen molar-refractivity contribution in [3.05, 3.63) is 45.9 Å². The van der Waals surface area contributed by atoms with Crippen LogP contribution in [0.25, 0.3) is 0 Å². The predicted molar refractivity (Wildman–Crippen MR) is 82.5 cm³/mol. The number of rotatable bonds is 4. The molecule has 1 fully saturated rings. The normalized spacial score (nSPS) is 19.4. The Hall–Kier alpha value is -1.39. The van der Waals surface area contributed by atoms with Gasteiger partial charge in [0.2, 0.25) is 0 Å². The van der Waals surface area contributed by atoms with Gasteiger partial charge >= 0.3 is 0 Å². The Balaban J connectivity index is 1.62. The van der Waals surface area contributed by atoms with E-state index in [2.05, 4.69) is 41.1 Å². The SMILES string of the molecule is COc1ccc([C@@H]2CCN(Cc3scnc3C)C2)cc1. The van der Waals surface area contributed by atoms with E-state index in [0.717, 1.165) is 18.8 Å². The van der Waals surface area contributed by atoms with E-state index in [1.165, 1.54) is 29.1 Å². The van der Waals surface area contributed by atoms with Crippen LogP contribution in [0.1, 0.15) is 28.5 Å². The molecular weight excluding hydrogens is 268 g/mol. The summed E-state index contributed by atoms with van der Waals surface area (Å²) in [6, 6.07) is 8.52. The molecule has 2 aromatic rings. The second-order valence-corrected chi connectivity index (χ2v) is 6.29. The standard InChI is InChI=1S/C16H20N2OS/c1-12-16(20-11-17-12)10-18-8-7-14(9-18)13-3-5-15(19-2)6-4-13/h3-6,11,14H,7-10H2,1-2H3/t14-/m1/s1. The first-order valence-corrected chi connectivity index (χ1v) is 7.89. The molecule has 0 N–H and O–H groups in total. The molecule has 1 saturated heterocycles. The van der Waals surface area contributed by atoms with Crippen molar-refractivity contribution < 1.29 is 4.74 Å². The third-order valence-corrected chi connectivity index (χ3v) is 4.99. The highest BCUT2D eigenvalue weighted by molar-refractivity contribution is 7.09. The molecule has 106 valence electrons. The van der Waals surface area contributed by atoms with Crippen molar-refractivity contribution in [2.24, 2.45) is 0 Å². The average Bonchev–Trinajstić information content (AvgIpc) is 3.10. The topological polar surface area (TPSA) is 25.4 Å². The molecule has 0 saturated carbocycles. The van der Waals surface area contributed by atoms with Crippen LogP contribution in [0, 0.1) is 6.92 Å². The van der Waals surface area contributed by atoms with Crippen molar-refractivity contribution >= 4 is 11.3 Å². The minimum Gasteiger partial charge on any atom is -0.497 e. The number of aryl methyl sites for hydroxylation is 1. The molecule has 0 aliphatic carbocycles. The molecule has 0 amide bonds. The van der Waals surface area contributed by atoms with Crippen LogP contribution in [0.4, 0.5) is 0 Å². The fraction of sp³-hybridized carbons (Fsp3) is 0.438. The van der Waals surface area contributed by atoms with Gasteiger partial charge in [0.25, 0.3) is 0 Å². The largest absolute Gasteiger partial charge is 0.497 e. The maximum absolute atomic E-state index is 5.22. The Morgan fingerprint density at radius 2 is 2.15 bits per heavy atom. The lowest BCUT2D eigenvalue weighted by Crippen LogP contribution is -2.19. The highest BCUT2D eigenvalue weighted by atomic mass is 32.1. The first-order chi connectivity index (χ1) is 9.76. The Morgan fingerprint density at radius 1 is 1.35 bits per heavy atom. The van der Waals surface area contributed by atoms with Gasteiger partial charge in [0.1, 0.15) is 5.75 Å². The average molecular weight is 288 g/mol. The Bertz CT molecular complexity index is 564. The van der Waals surface area contributed by atoms with Gasteiger partial charge in [-0.3, -0.25) is 4.90 Å². The van der Waals surface area contributed by atoms with Gasteiger partial charge in [-0.1, -0.05) is 12.1 Å². The van der Waals surface area contributed by atoms with Crippen molar-refractivity contribution in [3.8, 4) is 5.75 Å². The van der Waals surface area contributed by atoms with Crippen LogP contribution < -0.4 is 4.74 Å². The summed E-state index contributed by atoms with van der Waals surface area (Å²) in [5, 5.41) is 0. The van der Waals surface area contributed by atoms with Crippen LogP contribution in [0.3, 0.4) is 0 Å². The van der Waals surface area contributed by atoms with Crippen molar-refractivity contribution in [2.45, 2.75) is 25.8 Å². The van der Waals surface area contributed by atoms with Crippen LogP contribution in [0.15, 0.2) is 29.8 Å². The lowest BCUT2D eigenvalue weighted by atomic mass is 9.98. The molecule has 1 aromatic carbocycles. The Labute approximate surface area is 124 Å². The summed E-state index contributed by atoms with van der Waals surface area (Å²) in [5.41, 5.74) is 4.55. The lowest BCUT2D eigenvalue weighted by molar-refractivity contribution is 0.329. The van der Waals surface area contributed by atoms with Crippen molar-refractivity contribution in [2.75, 3.05) is 20.2 Å². The van der Waals surface area contributed by atoms with E-state index < -0.39 is 0 Å². The molecular formula is C16H20N2OS. The molecule has 0 radical (unpaired) electrons. The molecule has 0 unspecified atom stereocenters. The molecule has 1 atom stereocenters. The lowest BCUT2D eigenvalue weighted by Gasteiger charge is -2.15. The van der Waals surface area contributed by atoms with Gasteiger partial charge < -0.3 is 4.74 Å². The van der Waals surface area contributed by atoms with Crippen LogP contribution in [-0.2, 0) is 6.54 Å². The van der Waals surface area contributed by atoms with Crippen LogP contribution in [0.2, 0.25) is 0 Å². The maximum Gasteiger partial charge on any atom is 0.118 e. The number of hydrogen-bond acceptors (Lipinski definition) is 4. The zero-order valence-corrected chi connectivity index (χ0v) is 12.8. The van der Waals surface area contributed by atoms with Crippen LogP contribution in [-0.4, -0.2) is 30.1 Å². The molecule has 0 spiro atoms. The summed E-state index contributed by atoms with van der Waals surface area (Å²) >= 11 is 1.77. The second-order valence-electron chi connectivity index (χ2n) is 5.35. The number of aromatic nitrogens is 1. The number of nitrogens with zero attached hydrogens (tertiary/aromatic N) is 2. The molecule has 2 heterocycles. The summed E-state index contributed by atoms with van der Waals surface area (Å²) in [6.07, 6.45) is 1.24. The number of thiazole rings is 1. The number of ether oxygens (including phenoxy) is 1. The van der Waals surface area contributed by atoms with E-state index >= 15 is 0 Å². The van der Waals surface area contributed by atoms with Gasteiger partial charge in [0, 0.05) is 18.0 Å². The third-order valence-electron chi connectivity index (χ3n) is 4.07. The monoisotopic (exact) mass is 288 g/mol. The minimum atomic E-state index is 0.647. The van der Waals surface area contributed by atoms with Gasteiger partial charge in [0.15, 0.2) is 0 Å². The number of likely N-dealkylation sites (tertiary alicyclic amines) is 1. The first-order valence-electron chi connectivity index (χ1n) is 7.01. The fourth-order valence-corrected chi connectivity index (χ4v) is 3.62. The molecule has 1 aromatic heterocycles. The van der Waals surface area contributed by atoms with Gasteiger partial charge in [-0.25, -0.2) is 4.98 Å². The van der Waals surface area contributed by atoms with E-state index in [4.69, 9.17) is 4.74 Å². The highest BCUT2D eigenvalue weighted by Crippen LogP contribution is 2.30. The first kappa shape index (κ1) is 13.6. The summed E-state index contributed by atoms with van der Waals surface area (Å²) < 4.78 is 5.22. The van der Waals surface area contributed by atoms with E-state index in [0.29, 0.717) is 5.92 Å². The quantitative estimate of drug-likeness (QED) is 0.861. The maximum atomic E-state index is 5.22. The Morgan fingerprint density at radius 3 is 2.80 bits per heavy atom. The molecule has 3 rings (SSSR count). The van der Waals surface area contributed by atoms with Gasteiger partial charge in [-0.15, -0.1) is 11.3 Å². The van der Waals surface area contributed by atoms with Crippen molar-refractivity contribution in [1.82, 2.24) is 9.88 Å². The summed E-state index contributed by atoms with van der Waals surface area (Å²) in [5.74, 6) is 1.58. The van der Waals surface area contributed by atoms with Crippen molar-refractivity contribution in [1.29, 1.82) is 0 Å².